The third-order valence-corrected chi connectivity index (χ3v) is 6.08. The zero-order chi connectivity index (χ0) is 17.9. The van der Waals surface area contributed by atoms with Crippen LogP contribution in [0.15, 0.2) is 58.1 Å². The number of thioether (sulfide) groups is 1. The van der Waals surface area contributed by atoms with Crippen LogP contribution in [0.1, 0.15) is 10.7 Å². The third kappa shape index (κ3) is 3.42. The topological polar surface area (TPSA) is 65.6 Å². The molecule has 0 radical (unpaired) electrons. The fourth-order valence-electron chi connectivity index (χ4n) is 2.72. The SMILES string of the molecule is Cn1c(CSc2nncn2CCc2cccs2)nc2ccccc2c1=O. The van der Waals surface area contributed by atoms with Crippen molar-refractivity contribution in [3.63, 3.8) is 0 Å². The van der Waals surface area contributed by atoms with Crippen LogP contribution in [0.25, 0.3) is 10.9 Å². The first-order valence-electron chi connectivity index (χ1n) is 8.20. The Morgan fingerprint density at radius 1 is 1.19 bits per heavy atom. The molecule has 8 heteroatoms. The quantitative estimate of drug-likeness (QED) is 0.479. The first-order chi connectivity index (χ1) is 12.7. The molecular weight excluding hydrogens is 366 g/mol. The van der Waals surface area contributed by atoms with Crippen LogP contribution in [0, 0.1) is 0 Å². The minimum atomic E-state index is -0.0228. The second kappa shape index (κ2) is 7.43. The molecule has 0 N–H and O–H groups in total. The number of para-hydroxylation sites is 1. The van der Waals surface area contributed by atoms with E-state index in [-0.39, 0.29) is 5.56 Å². The Bertz CT molecular complexity index is 1080. The summed E-state index contributed by atoms with van der Waals surface area (Å²) in [6.07, 6.45) is 2.71. The number of nitrogens with zero attached hydrogens (tertiary/aromatic N) is 5. The third-order valence-electron chi connectivity index (χ3n) is 4.17. The van der Waals surface area contributed by atoms with Gasteiger partial charge in [0.1, 0.15) is 12.2 Å². The molecule has 0 aliphatic carbocycles. The molecule has 0 aliphatic heterocycles. The lowest BCUT2D eigenvalue weighted by atomic mass is 10.2. The summed E-state index contributed by atoms with van der Waals surface area (Å²) in [4.78, 5) is 18.5. The van der Waals surface area contributed by atoms with Gasteiger partial charge in [0.25, 0.3) is 5.56 Å². The van der Waals surface area contributed by atoms with Crippen molar-refractivity contribution in [3.8, 4) is 0 Å². The number of aromatic nitrogens is 5. The monoisotopic (exact) mass is 383 g/mol. The summed E-state index contributed by atoms with van der Waals surface area (Å²) >= 11 is 3.30. The smallest absolute Gasteiger partial charge is 0.261 e. The molecule has 3 heterocycles. The Labute approximate surface area is 158 Å². The molecule has 0 unspecified atom stereocenters. The van der Waals surface area contributed by atoms with Crippen LogP contribution in [-0.4, -0.2) is 24.3 Å². The van der Waals surface area contributed by atoms with E-state index < -0.39 is 0 Å². The Morgan fingerprint density at radius 3 is 2.92 bits per heavy atom. The molecule has 0 saturated heterocycles. The van der Waals surface area contributed by atoms with E-state index in [9.17, 15) is 4.79 Å². The zero-order valence-electron chi connectivity index (χ0n) is 14.2. The minimum absolute atomic E-state index is 0.0228. The Kier molecular flexibility index (Phi) is 4.85. The number of aryl methyl sites for hydroxylation is 2. The van der Waals surface area contributed by atoms with Crippen molar-refractivity contribution in [1.29, 1.82) is 0 Å². The number of thiophene rings is 1. The summed E-state index contributed by atoms with van der Waals surface area (Å²) in [5, 5.41) is 11.8. The van der Waals surface area contributed by atoms with Gasteiger partial charge >= 0.3 is 0 Å². The van der Waals surface area contributed by atoms with Gasteiger partial charge in [0, 0.05) is 18.5 Å². The van der Waals surface area contributed by atoms with Crippen LogP contribution in [0.2, 0.25) is 0 Å². The Balaban J connectivity index is 1.51. The highest BCUT2D eigenvalue weighted by molar-refractivity contribution is 7.98. The average Bonchev–Trinajstić information content (AvgIpc) is 3.33. The maximum absolute atomic E-state index is 12.5. The van der Waals surface area contributed by atoms with E-state index in [2.05, 4.69) is 32.7 Å². The Morgan fingerprint density at radius 2 is 2.08 bits per heavy atom. The highest BCUT2D eigenvalue weighted by Gasteiger charge is 2.11. The van der Waals surface area contributed by atoms with Crippen molar-refractivity contribution < 1.29 is 0 Å². The van der Waals surface area contributed by atoms with Gasteiger partial charge < -0.3 is 4.57 Å². The van der Waals surface area contributed by atoms with E-state index in [1.165, 1.54) is 4.88 Å². The summed E-state index contributed by atoms with van der Waals surface area (Å²) in [6.45, 7) is 0.833. The van der Waals surface area contributed by atoms with Gasteiger partial charge in [0.15, 0.2) is 5.16 Å². The molecule has 0 aliphatic rings. The maximum Gasteiger partial charge on any atom is 0.261 e. The van der Waals surface area contributed by atoms with Crippen molar-refractivity contribution >= 4 is 34.0 Å². The summed E-state index contributed by atoms with van der Waals surface area (Å²) in [5.41, 5.74) is 0.704. The van der Waals surface area contributed by atoms with Crippen LogP contribution in [0.5, 0.6) is 0 Å². The molecule has 0 fully saturated rings. The highest BCUT2D eigenvalue weighted by atomic mass is 32.2. The first-order valence-corrected chi connectivity index (χ1v) is 10.1. The number of benzene rings is 1. The second-order valence-electron chi connectivity index (χ2n) is 5.83. The van der Waals surface area contributed by atoms with Crippen LogP contribution in [0.4, 0.5) is 0 Å². The molecule has 0 spiro atoms. The number of rotatable bonds is 6. The van der Waals surface area contributed by atoms with Gasteiger partial charge in [-0.2, -0.15) is 0 Å². The van der Waals surface area contributed by atoms with Crippen LogP contribution in [-0.2, 0) is 25.8 Å². The molecule has 132 valence electrons. The van der Waals surface area contributed by atoms with Crippen molar-refractivity contribution in [1.82, 2.24) is 24.3 Å². The van der Waals surface area contributed by atoms with Crippen LogP contribution < -0.4 is 5.56 Å². The van der Waals surface area contributed by atoms with Gasteiger partial charge in [-0.15, -0.1) is 21.5 Å². The van der Waals surface area contributed by atoms with Gasteiger partial charge in [-0.25, -0.2) is 4.98 Å². The predicted octanol–water partition coefficient (Wildman–Crippen LogP) is 3.12. The molecule has 4 aromatic rings. The van der Waals surface area contributed by atoms with E-state index in [0.717, 1.165) is 29.5 Å². The molecule has 6 nitrogen and oxygen atoms in total. The van der Waals surface area contributed by atoms with Crippen molar-refractivity contribution in [2.24, 2.45) is 7.05 Å². The van der Waals surface area contributed by atoms with E-state index in [1.54, 1.807) is 41.0 Å². The average molecular weight is 384 g/mol. The maximum atomic E-state index is 12.5. The van der Waals surface area contributed by atoms with E-state index in [4.69, 9.17) is 0 Å². The lowest BCUT2D eigenvalue weighted by Gasteiger charge is -2.09. The molecule has 4 rings (SSSR count). The van der Waals surface area contributed by atoms with Crippen LogP contribution in [0.3, 0.4) is 0 Å². The molecule has 26 heavy (non-hydrogen) atoms. The molecular formula is C18H17N5OS2. The van der Waals surface area contributed by atoms with Gasteiger partial charge in [-0.1, -0.05) is 30.0 Å². The van der Waals surface area contributed by atoms with E-state index >= 15 is 0 Å². The second-order valence-corrected chi connectivity index (χ2v) is 7.81. The summed E-state index contributed by atoms with van der Waals surface area (Å²) < 4.78 is 3.66. The molecule has 0 saturated carbocycles. The fourth-order valence-corrected chi connectivity index (χ4v) is 4.34. The Hall–Kier alpha value is -2.45. The lowest BCUT2D eigenvalue weighted by molar-refractivity contribution is 0.637. The predicted molar refractivity (Wildman–Crippen MR) is 105 cm³/mol. The first kappa shape index (κ1) is 17.0. The van der Waals surface area contributed by atoms with Crippen molar-refractivity contribution in [2.75, 3.05) is 0 Å². The lowest BCUT2D eigenvalue weighted by Crippen LogP contribution is -2.22. The number of fused-ring (bicyclic) bond motifs is 1. The fraction of sp³-hybridized carbons (Fsp3) is 0.222. The minimum Gasteiger partial charge on any atom is -0.308 e. The van der Waals surface area contributed by atoms with Crippen LogP contribution >= 0.6 is 23.1 Å². The largest absolute Gasteiger partial charge is 0.308 e. The van der Waals surface area contributed by atoms with Crippen molar-refractivity contribution in [2.45, 2.75) is 23.9 Å². The van der Waals surface area contributed by atoms with E-state index in [1.807, 2.05) is 28.8 Å². The van der Waals surface area contributed by atoms with Gasteiger partial charge in [0.2, 0.25) is 0 Å². The molecule has 0 amide bonds. The number of hydrogen-bond acceptors (Lipinski definition) is 6. The molecule has 3 aromatic heterocycles. The normalized spacial score (nSPS) is 11.3. The highest BCUT2D eigenvalue weighted by Crippen LogP contribution is 2.21. The van der Waals surface area contributed by atoms with Gasteiger partial charge in [0.05, 0.1) is 16.7 Å². The number of hydrogen-bond donors (Lipinski definition) is 0. The summed E-state index contributed by atoms with van der Waals surface area (Å²) in [7, 11) is 1.76. The van der Waals surface area contributed by atoms with Gasteiger partial charge in [-0.05, 0) is 30.0 Å². The molecule has 0 atom stereocenters. The molecule has 1 aromatic carbocycles. The summed E-state index contributed by atoms with van der Waals surface area (Å²) in [6, 6.07) is 11.6. The summed E-state index contributed by atoms with van der Waals surface area (Å²) in [5.74, 6) is 1.29. The zero-order valence-corrected chi connectivity index (χ0v) is 15.8. The van der Waals surface area contributed by atoms with E-state index in [0.29, 0.717) is 11.1 Å². The van der Waals surface area contributed by atoms with Crippen molar-refractivity contribution in [3.05, 3.63) is 69.2 Å². The van der Waals surface area contributed by atoms with Gasteiger partial charge in [-0.3, -0.25) is 9.36 Å². The molecule has 0 bridgehead atoms. The standard InChI is InChI=1S/C18H17N5OS2/c1-22-16(20-15-7-3-2-6-14(15)17(22)24)11-26-18-21-19-12-23(18)9-8-13-5-4-10-25-13/h2-7,10,12H,8-9,11H2,1H3.